The highest BCUT2D eigenvalue weighted by atomic mass is 35.5. The third kappa shape index (κ3) is 3.04. The number of halogens is 2. The fraction of sp³-hybridized carbons (Fsp3) is 0.444. The monoisotopic (exact) mass is 363 g/mol. The lowest BCUT2D eigenvalue weighted by atomic mass is 10.3. The minimum absolute atomic E-state index is 0.332. The molecule has 0 N–H and O–H groups in total. The van der Waals surface area contributed by atoms with Crippen molar-refractivity contribution < 1.29 is 4.39 Å². The van der Waals surface area contributed by atoms with E-state index in [1.165, 1.54) is 6.07 Å². The largest absolute Gasteiger partial charge is 0.326 e. The van der Waals surface area contributed by atoms with Gasteiger partial charge in [-0.1, -0.05) is 31.5 Å². The summed E-state index contributed by atoms with van der Waals surface area (Å²) in [4.78, 5) is 6.67. The molecule has 0 saturated heterocycles. The SMILES string of the molecule is CC.CN1CCCn2nc(-c3nc4c(F)cccc4n3C)c(Cl)c2C1. The highest BCUT2D eigenvalue weighted by molar-refractivity contribution is 6.33. The first kappa shape index (κ1) is 17.9. The van der Waals surface area contributed by atoms with Crippen LogP contribution in [0.2, 0.25) is 5.02 Å². The van der Waals surface area contributed by atoms with Gasteiger partial charge >= 0.3 is 0 Å². The van der Waals surface area contributed by atoms with Gasteiger partial charge in [-0.2, -0.15) is 5.10 Å². The van der Waals surface area contributed by atoms with Crippen LogP contribution in [0.5, 0.6) is 0 Å². The van der Waals surface area contributed by atoms with Crippen molar-refractivity contribution in [3.63, 3.8) is 0 Å². The van der Waals surface area contributed by atoms with Gasteiger partial charge in [0.25, 0.3) is 0 Å². The van der Waals surface area contributed by atoms with Crippen LogP contribution in [0.15, 0.2) is 18.2 Å². The summed E-state index contributed by atoms with van der Waals surface area (Å²) in [7, 11) is 3.93. The van der Waals surface area contributed by atoms with E-state index in [4.69, 9.17) is 11.6 Å². The van der Waals surface area contributed by atoms with Crippen LogP contribution in [0, 0.1) is 5.82 Å². The molecule has 0 fully saturated rings. The molecule has 0 saturated carbocycles. The van der Waals surface area contributed by atoms with Crippen LogP contribution in [-0.2, 0) is 20.1 Å². The molecule has 0 radical (unpaired) electrons. The lowest BCUT2D eigenvalue weighted by molar-refractivity contribution is 0.332. The smallest absolute Gasteiger partial charge is 0.163 e. The molecular weight excluding hydrogens is 341 g/mol. The summed E-state index contributed by atoms with van der Waals surface area (Å²) in [5.41, 5.74) is 2.70. The fourth-order valence-electron chi connectivity index (χ4n) is 3.17. The molecule has 2 aromatic heterocycles. The molecular formula is C18H23ClFN5. The van der Waals surface area contributed by atoms with Gasteiger partial charge in [0.05, 0.1) is 16.2 Å². The van der Waals surface area contributed by atoms with Crippen LogP contribution in [0.1, 0.15) is 26.0 Å². The molecule has 0 amide bonds. The molecule has 3 aromatic rings. The number of rotatable bonds is 1. The lowest BCUT2D eigenvalue weighted by Gasteiger charge is -2.11. The van der Waals surface area contributed by atoms with Gasteiger partial charge in [0.2, 0.25) is 0 Å². The van der Waals surface area contributed by atoms with E-state index in [9.17, 15) is 4.39 Å². The average molecular weight is 364 g/mol. The van der Waals surface area contributed by atoms with E-state index in [1.54, 1.807) is 6.07 Å². The Labute approximate surface area is 152 Å². The molecule has 0 aliphatic carbocycles. The van der Waals surface area contributed by atoms with E-state index in [2.05, 4.69) is 22.0 Å². The van der Waals surface area contributed by atoms with Gasteiger partial charge in [-0.25, -0.2) is 9.37 Å². The van der Waals surface area contributed by atoms with Crippen LogP contribution >= 0.6 is 11.6 Å². The first-order valence-corrected chi connectivity index (χ1v) is 8.99. The zero-order chi connectivity index (χ0) is 18.1. The lowest BCUT2D eigenvalue weighted by Crippen LogP contribution is -2.17. The van der Waals surface area contributed by atoms with E-state index in [0.29, 0.717) is 22.1 Å². The molecule has 4 rings (SSSR count). The third-order valence-corrected chi connectivity index (χ3v) is 4.79. The predicted octanol–water partition coefficient (Wildman–Crippen LogP) is 4.09. The van der Waals surface area contributed by atoms with Crippen molar-refractivity contribution in [1.82, 2.24) is 24.2 Å². The molecule has 1 aliphatic heterocycles. The summed E-state index contributed by atoms with van der Waals surface area (Å²) >= 11 is 6.60. The van der Waals surface area contributed by atoms with Crippen molar-refractivity contribution >= 4 is 22.6 Å². The van der Waals surface area contributed by atoms with Gasteiger partial charge < -0.3 is 9.47 Å². The normalized spacial score (nSPS) is 14.8. The molecule has 0 bridgehead atoms. The van der Waals surface area contributed by atoms with Crippen LogP contribution in [0.25, 0.3) is 22.6 Å². The first-order chi connectivity index (χ1) is 12.1. The molecule has 1 aliphatic rings. The van der Waals surface area contributed by atoms with Crippen molar-refractivity contribution in [3.05, 3.63) is 34.7 Å². The number of fused-ring (bicyclic) bond motifs is 2. The Morgan fingerprint density at radius 1 is 1.16 bits per heavy atom. The van der Waals surface area contributed by atoms with Crippen molar-refractivity contribution in [1.29, 1.82) is 0 Å². The van der Waals surface area contributed by atoms with Gasteiger partial charge in [0, 0.05) is 26.7 Å². The Morgan fingerprint density at radius 2 is 1.92 bits per heavy atom. The number of aryl methyl sites for hydroxylation is 2. The number of hydrogen-bond acceptors (Lipinski definition) is 3. The topological polar surface area (TPSA) is 38.9 Å². The predicted molar refractivity (Wildman–Crippen MR) is 99.2 cm³/mol. The van der Waals surface area contributed by atoms with Crippen molar-refractivity contribution in [3.8, 4) is 11.5 Å². The standard InChI is InChI=1S/C16H17ClFN5.C2H6/c1-21-7-4-8-23-12(9-21)13(17)15(20-23)16-19-14-10(18)5-3-6-11(14)22(16)2;1-2/h3,5-6H,4,7-9H2,1-2H3;1-2H3. The van der Waals surface area contributed by atoms with E-state index in [-0.39, 0.29) is 5.82 Å². The number of benzene rings is 1. The van der Waals surface area contributed by atoms with Crippen LogP contribution in [0.4, 0.5) is 4.39 Å². The quantitative estimate of drug-likeness (QED) is 0.653. The molecule has 1 aromatic carbocycles. The summed E-state index contributed by atoms with van der Waals surface area (Å²) in [5.74, 6) is 0.263. The zero-order valence-electron chi connectivity index (χ0n) is 15.1. The molecule has 25 heavy (non-hydrogen) atoms. The number of para-hydroxylation sites is 1. The highest BCUT2D eigenvalue weighted by Crippen LogP contribution is 2.33. The molecule has 5 nitrogen and oxygen atoms in total. The van der Waals surface area contributed by atoms with Gasteiger partial charge in [-0.15, -0.1) is 0 Å². The number of nitrogens with zero attached hydrogens (tertiary/aromatic N) is 5. The van der Waals surface area contributed by atoms with Gasteiger partial charge in [0.1, 0.15) is 11.2 Å². The zero-order valence-corrected chi connectivity index (χ0v) is 15.8. The summed E-state index contributed by atoms with van der Waals surface area (Å²) in [5, 5.41) is 5.26. The van der Waals surface area contributed by atoms with Crippen LogP contribution in [-0.4, -0.2) is 37.8 Å². The maximum absolute atomic E-state index is 14.0. The Morgan fingerprint density at radius 3 is 2.64 bits per heavy atom. The second-order valence-electron chi connectivity index (χ2n) is 6.03. The van der Waals surface area contributed by atoms with E-state index >= 15 is 0 Å². The highest BCUT2D eigenvalue weighted by Gasteiger charge is 2.24. The van der Waals surface area contributed by atoms with Crippen molar-refractivity contribution in [2.24, 2.45) is 7.05 Å². The van der Waals surface area contributed by atoms with Crippen LogP contribution < -0.4 is 0 Å². The third-order valence-electron chi connectivity index (χ3n) is 4.40. The summed E-state index contributed by atoms with van der Waals surface area (Å²) in [6, 6.07) is 4.94. The maximum atomic E-state index is 14.0. The number of hydrogen-bond donors (Lipinski definition) is 0. The van der Waals surface area contributed by atoms with Gasteiger partial charge in [-0.05, 0) is 25.6 Å². The first-order valence-electron chi connectivity index (χ1n) is 8.61. The Kier molecular flexibility index (Phi) is 5.11. The minimum atomic E-state index is -0.332. The molecule has 3 heterocycles. The van der Waals surface area contributed by atoms with Gasteiger partial charge in [0.15, 0.2) is 11.6 Å². The van der Waals surface area contributed by atoms with Crippen LogP contribution in [0.3, 0.4) is 0 Å². The molecule has 0 atom stereocenters. The summed E-state index contributed by atoms with van der Waals surface area (Å²) < 4.78 is 17.8. The molecule has 7 heteroatoms. The second kappa shape index (κ2) is 7.14. The summed E-state index contributed by atoms with van der Waals surface area (Å²) in [6.45, 7) is 6.61. The second-order valence-corrected chi connectivity index (χ2v) is 6.40. The molecule has 0 unspecified atom stereocenters. The molecule has 0 spiro atoms. The van der Waals surface area contributed by atoms with Gasteiger partial charge in [-0.3, -0.25) is 4.68 Å². The average Bonchev–Trinajstić information content (AvgIpc) is 3.02. The number of aromatic nitrogens is 4. The van der Waals surface area contributed by atoms with E-state index in [1.807, 2.05) is 36.2 Å². The van der Waals surface area contributed by atoms with Crippen molar-refractivity contribution in [2.75, 3.05) is 13.6 Å². The Balaban J connectivity index is 0.000000880. The Bertz CT molecular complexity index is 899. The fourth-order valence-corrected chi connectivity index (χ4v) is 3.45. The number of imidazole rings is 1. The van der Waals surface area contributed by atoms with E-state index < -0.39 is 0 Å². The van der Waals surface area contributed by atoms with Crippen molar-refractivity contribution in [2.45, 2.75) is 33.4 Å². The Hall–Kier alpha value is -1.92. The van der Waals surface area contributed by atoms with E-state index in [0.717, 1.165) is 37.3 Å². The summed E-state index contributed by atoms with van der Waals surface area (Å²) in [6.07, 6.45) is 1.03. The minimum Gasteiger partial charge on any atom is -0.326 e. The maximum Gasteiger partial charge on any atom is 0.163 e. The molecule has 134 valence electrons.